The van der Waals surface area contributed by atoms with E-state index in [1.807, 2.05) is 31.2 Å². The van der Waals surface area contributed by atoms with Gasteiger partial charge in [-0.25, -0.2) is 4.39 Å². The van der Waals surface area contributed by atoms with E-state index in [0.717, 1.165) is 11.3 Å². The summed E-state index contributed by atoms with van der Waals surface area (Å²) in [5.74, 6) is 1.26. The molecular weight excluding hydrogens is 271 g/mol. The van der Waals surface area contributed by atoms with Crippen LogP contribution < -0.4 is 4.74 Å². The highest BCUT2D eigenvalue weighted by atomic mass is 19.1. The van der Waals surface area contributed by atoms with Gasteiger partial charge in [0.2, 0.25) is 5.82 Å². The second-order valence-electron chi connectivity index (χ2n) is 4.57. The fraction of sp³-hybridized carbons (Fsp3) is 0.125. The predicted octanol–water partition coefficient (Wildman–Crippen LogP) is 3.76. The van der Waals surface area contributed by atoms with Crippen molar-refractivity contribution in [1.82, 2.24) is 10.1 Å². The minimum Gasteiger partial charge on any atom is -0.483 e. The smallest absolute Gasteiger partial charge is 0.264 e. The van der Waals surface area contributed by atoms with E-state index in [9.17, 15) is 4.39 Å². The number of hydrogen-bond donors (Lipinski definition) is 0. The van der Waals surface area contributed by atoms with Gasteiger partial charge in [-0.2, -0.15) is 4.98 Å². The van der Waals surface area contributed by atoms with Gasteiger partial charge in [-0.1, -0.05) is 23.4 Å². The van der Waals surface area contributed by atoms with Crippen molar-refractivity contribution in [2.24, 2.45) is 0 Å². The second-order valence-corrected chi connectivity index (χ2v) is 4.57. The standard InChI is InChI=1S/C16H13FN2O2/c1-11-4-2-3-5-14(11)20-10-15-18-16(19-21-15)12-6-8-13(17)9-7-12/h2-9H,10H2,1H3. The maximum Gasteiger partial charge on any atom is 0.264 e. The lowest BCUT2D eigenvalue weighted by atomic mass is 10.2. The van der Waals surface area contributed by atoms with Gasteiger partial charge in [0.05, 0.1) is 0 Å². The molecule has 0 radical (unpaired) electrons. The minimum absolute atomic E-state index is 0.194. The summed E-state index contributed by atoms with van der Waals surface area (Å²) in [7, 11) is 0. The number of ether oxygens (including phenoxy) is 1. The van der Waals surface area contributed by atoms with Gasteiger partial charge in [0.25, 0.3) is 5.89 Å². The Labute approximate surface area is 121 Å². The SMILES string of the molecule is Cc1ccccc1OCc1nc(-c2ccc(F)cc2)no1. The van der Waals surface area contributed by atoms with Gasteiger partial charge in [-0.15, -0.1) is 0 Å². The van der Waals surface area contributed by atoms with Crippen LogP contribution >= 0.6 is 0 Å². The molecule has 0 atom stereocenters. The van der Waals surface area contributed by atoms with Crippen LogP contribution in [-0.2, 0) is 6.61 Å². The predicted molar refractivity (Wildman–Crippen MR) is 75.2 cm³/mol. The van der Waals surface area contributed by atoms with E-state index in [2.05, 4.69) is 10.1 Å². The highest BCUT2D eigenvalue weighted by Gasteiger charge is 2.09. The maximum absolute atomic E-state index is 12.9. The highest BCUT2D eigenvalue weighted by Crippen LogP contribution is 2.19. The highest BCUT2D eigenvalue weighted by molar-refractivity contribution is 5.53. The first kappa shape index (κ1) is 13.3. The van der Waals surface area contributed by atoms with Gasteiger partial charge in [0.15, 0.2) is 6.61 Å². The molecule has 0 amide bonds. The molecule has 0 N–H and O–H groups in total. The summed E-state index contributed by atoms with van der Waals surface area (Å²) < 4.78 is 23.6. The molecule has 0 fully saturated rings. The number of hydrogen-bond acceptors (Lipinski definition) is 4. The first-order valence-electron chi connectivity index (χ1n) is 6.49. The molecular formula is C16H13FN2O2. The normalized spacial score (nSPS) is 10.6. The lowest BCUT2D eigenvalue weighted by Crippen LogP contribution is -1.97. The van der Waals surface area contributed by atoms with Crippen molar-refractivity contribution < 1.29 is 13.7 Å². The molecule has 5 heteroatoms. The quantitative estimate of drug-likeness (QED) is 0.732. The van der Waals surface area contributed by atoms with Gasteiger partial charge in [0, 0.05) is 5.56 Å². The number of aryl methyl sites for hydroxylation is 1. The molecule has 0 aliphatic carbocycles. The fourth-order valence-corrected chi connectivity index (χ4v) is 1.89. The Hall–Kier alpha value is -2.69. The lowest BCUT2D eigenvalue weighted by molar-refractivity contribution is 0.242. The Morgan fingerprint density at radius 2 is 1.86 bits per heavy atom. The van der Waals surface area contributed by atoms with Crippen LogP contribution in [0.1, 0.15) is 11.5 Å². The zero-order chi connectivity index (χ0) is 14.7. The summed E-state index contributed by atoms with van der Waals surface area (Å²) in [6.45, 7) is 2.16. The minimum atomic E-state index is -0.301. The van der Waals surface area contributed by atoms with Crippen LogP contribution in [0.5, 0.6) is 5.75 Å². The number of halogens is 1. The molecule has 0 aliphatic heterocycles. The average Bonchev–Trinajstić information content (AvgIpc) is 2.96. The molecule has 3 rings (SSSR count). The van der Waals surface area contributed by atoms with Gasteiger partial charge in [0.1, 0.15) is 11.6 Å². The van der Waals surface area contributed by atoms with E-state index < -0.39 is 0 Å². The summed E-state index contributed by atoms with van der Waals surface area (Å²) in [6.07, 6.45) is 0. The summed E-state index contributed by atoms with van der Waals surface area (Å²) in [4.78, 5) is 4.23. The molecule has 0 aliphatic rings. The van der Waals surface area contributed by atoms with Gasteiger partial charge in [-0.3, -0.25) is 0 Å². The maximum atomic E-state index is 12.9. The molecule has 0 saturated carbocycles. The van der Waals surface area contributed by atoms with Crippen LogP contribution in [0.2, 0.25) is 0 Å². The van der Waals surface area contributed by atoms with Crippen LogP contribution in [0.3, 0.4) is 0 Å². The number of aromatic nitrogens is 2. The fourth-order valence-electron chi connectivity index (χ4n) is 1.89. The van der Waals surface area contributed by atoms with Crippen molar-refractivity contribution in [3.05, 3.63) is 65.8 Å². The van der Waals surface area contributed by atoms with Crippen LogP contribution in [-0.4, -0.2) is 10.1 Å². The molecule has 0 unspecified atom stereocenters. The van der Waals surface area contributed by atoms with Crippen molar-refractivity contribution >= 4 is 0 Å². The zero-order valence-corrected chi connectivity index (χ0v) is 11.4. The molecule has 0 spiro atoms. The molecule has 4 nitrogen and oxygen atoms in total. The molecule has 2 aromatic carbocycles. The number of rotatable bonds is 4. The van der Waals surface area contributed by atoms with Gasteiger partial charge in [-0.05, 0) is 42.8 Å². The lowest BCUT2D eigenvalue weighted by Gasteiger charge is -2.05. The Balaban J connectivity index is 1.71. The van der Waals surface area contributed by atoms with Gasteiger partial charge < -0.3 is 9.26 Å². The Kier molecular flexibility index (Phi) is 3.64. The number of nitrogens with zero attached hydrogens (tertiary/aromatic N) is 2. The Morgan fingerprint density at radius 1 is 1.10 bits per heavy atom. The third-order valence-electron chi connectivity index (χ3n) is 3.02. The Morgan fingerprint density at radius 3 is 2.62 bits per heavy atom. The number of benzene rings is 2. The van der Waals surface area contributed by atoms with E-state index >= 15 is 0 Å². The van der Waals surface area contributed by atoms with Crippen molar-refractivity contribution in [2.45, 2.75) is 13.5 Å². The van der Waals surface area contributed by atoms with Crippen molar-refractivity contribution in [1.29, 1.82) is 0 Å². The van der Waals surface area contributed by atoms with Crippen molar-refractivity contribution in [3.8, 4) is 17.1 Å². The third-order valence-corrected chi connectivity index (χ3v) is 3.02. The van der Waals surface area contributed by atoms with Crippen molar-refractivity contribution in [2.75, 3.05) is 0 Å². The summed E-state index contributed by atoms with van der Waals surface area (Å²) in [5, 5.41) is 3.86. The van der Waals surface area contributed by atoms with Crippen molar-refractivity contribution in [3.63, 3.8) is 0 Å². The topological polar surface area (TPSA) is 48.2 Å². The third kappa shape index (κ3) is 3.08. The molecule has 1 aromatic heterocycles. The van der Waals surface area contributed by atoms with E-state index in [-0.39, 0.29) is 12.4 Å². The molecule has 0 bridgehead atoms. The van der Waals surface area contributed by atoms with E-state index in [1.54, 1.807) is 12.1 Å². The van der Waals surface area contributed by atoms with E-state index in [0.29, 0.717) is 17.3 Å². The van der Waals surface area contributed by atoms with Crippen LogP contribution in [0.25, 0.3) is 11.4 Å². The summed E-state index contributed by atoms with van der Waals surface area (Å²) >= 11 is 0. The molecule has 106 valence electrons. The van der Waals surface area contributed by atoms with E-state index in [1.165, 1.54) is 12.1 Å². The second kappa shape index (κ2) is 5.75. The summed E-state index contributed by atoms with van der Waals surface area (Å²) in [6, 6.07) is 13.6. The molecule has 1 heterocycles. The zero-order valence-electron chi connectivity index (χ0n) is 11.4. The number of para-hydroxylation sites is 1. The van der Waals surface area contributed by atoms with Crippen LogP contribution in [0, 0.1) is 12.7 Å². The molecule has 3 aromatic rings. The Bertz CT molecular complexity index is 738. The van der Waals surface area contributed by atoms with Gasteiger partial charge >= 0.3 is 0 Å². The first-order chi connectivity index (χ1) is 10.2. The largest absolute Gasteiger partial charge is 0.483 e. The van der Waals surface area contributed by atoms with E-state index in [4.69, 9.17) is 9.26 Å². The molecule has 21 heavy (non-hydrogen) atoms. The van der Waals surface area contributed by atoms with Crippen LogP contribution in [0.4, 0.5) is 4.39 Å². The monoisotopic (exact) mass is 284 g/mol. The summed E-state index contributed by atoms with van der Waals surface area (Å²) in [5.41, 5.74) is 1.73. The average molecular weight is 284 g/mol. The van der Waals surface area contributed by atoms with Crippen LogP contribution in [0.15, 0.2) is 53.1 Å². The first-order valence-corrected chi connectivity index (χ1v) is 6.49. The molecule has 0 saturated heterocycles.